The number of fused-ring (bicyclic) bond motifs is 1. The van der Waals surface area contributed by atoms with Crippen molar-refractivity contribution >= 4 is 28.9 Å². The van der Waals surface area contributed by atoms with Crippen LogP contribution in [0.25, 0.3) is 22.0 Å². The third-order valence-corrected chi connectivity index (χ3v) is 6.65. The Morgan fingerprint density at radius 2 is 1.67 bits per heavy atom. The Bertz CT molecular complexity index is 1320. The molecule has 1 heterocycles. The molecule has 0 spiro atoms. The molecule has 0 aliphatic heterocycles. The fourth-order valence-corrected chi connectivity index (χ4v) is 4.72. The maximum Gasteiger partial charge on any atom is 0.407 e. The molecule has 1 saturated carbocycles. The van der Waals surface area contributed by atoms with E-state index >= 15 is 0 Å². The monoisotopic (exact) mass is 533 g/mol. The van der Waals surface area contributed by atoms with Crippen molar-refractivity contribution in [3.8, 4) is 16.9 Å². The van der Waals surface area contributed by atoms with Gasteiger partial charge in [0.05, 0.1) is 17.6 Å². The second-order valence-electron chi connectivity index (χ2n) is 10.8. The molecule has 0 bridgehead atoms. The number of pyridine rings is 1. The van der Waals surface area contributed by atoms with Crippen LogP contribution in [-0.2, 0) is 9.53 Å². The standard InChI is InChI=1S/C30H35N3O6/c1-30(2,3)39-29(37)33-22-9-4-20(5-10-22)27(34)32-16-17-38-23-11-6-19(7-12-23)21-8-13-26-25(18-21)24(28(35)36)14-15-31-26/h6-8,11-15,18,20,22H,4-5,9-10,16-17H2,1-3H3,(H,32,34)(H,33,37)(H,35,36). The van der Waals surface area contributed by atoms with E-state index in [4.69, 9.17) is 9.47 Å². The lowest BCUT2D eigenvalue weighted by Crippen LogP contribution is -2.43. The number of carboxylic acid groups (broad SMARTS) is 1. The Morgan fingerprint density at radius 1 is 0.974 bits per heavy atom. The third-order valence-electron chi connectivity index (χ3n) is 6.65. The predicted octanol–water partition coefficient (Wildman–Crippen LogP) is 5.18. The molecule has 1 aliphatic rings. The number of carboxylic acids is 1. The van der Waals surface area contributed by atoms with Crippen LogP contribution in [-0.4, -0.2) is 52.9 Å². The van der Waals surface area contributed by atoms with E-state index in [9.17, 15) is 19.5 Å². The highest BCUT2D eigenvalue weighted by molar-refractivity contribution is 6.03. The van der Waals surface area contributed by atoms with E-state index in [1.54, 1.807) is 0 Å². The Hall–Kier alpha value is -4.14. The molecule has 0 unspecified atom stereocenters. The summed E-state index contributed by atoms with van der Waals surface area (Å²) in [5.41, 5.74) is 2.12. The first-order valence-corrected chi connectivity index (χ1v) is 13.2. The van der Waals surface area contributed by atoms with Crippen LogP contribution in [0.15, 0.2) is 54.7 Å². The Labute approximate surface area is 227 Å². The minimum Gasteiger partial charge on any atom is -0.492 e. The maximum absolute atomic E-state index is 12.6. The van der Waals surface area contributed by atoms with Gasteiger partial charge in [0.15, 0.2) is 0 Å². The molecule has 0 radical (unpaired) electrons. The van der Waals surface area contributed by atoms with Crippen LogP contribution >= 0.6 is 0 Å². The van der Waals surface area contributed by atoms with Crippen LogP contribution in [0.3, 0.4) is 0 Å². The molecule has 2 aromatic carbocycles. The lowest BCUT2D eigenvalue weighted by molar-refractivity contribution is -0.126. The number of aromatic nitrogens is 1. The van der Waals surface area contributed by atoms with Crippen LogP contribution in [0.4, 0.5) is 4.79 Å². The molecule has 4 rings (SSSR count). The fourth-order valence-electron chi connectivity index (χ4n) is 4.72. The minimum atomic E-state index is -0.988. The highest BCUT2D eigenvalue weighted by Gasteiger charge is 2.28. The number of nitrogens with zero attached hydrogens (tertiary/aromatic N) is 1. The molecule has 1 aromatic heterocycles. The molecule has 3 N–H and O–H groups in total. The number of hydrogen-bond acceptors (Lipinski definition) is 6. The summed E-state index contributed by atoms with van der Waals surface area (Å²) in [6, 6.07) is 14.6. The number of carbonyl (C=O) groups is 3. The van der Waals surface area contributed by atoms with Crippen molar-refractivity contribution in [3.05, 3.63) is 60.3 Å². The van der Waals surface area contributed by atoms with Crippen LogP contribution in [0.1, 0.15) is 56.8 Å². The van der Waals surface area contributed by atoms with Gasteiger partial charge >= 0.3 is 12.1 Å². The van der Waals surface area contributed by atoms with Gasteiger partial charge in [0, 0.05) is 23.5 Å². The van der Waals surface area contributed by atoms with Gasteiger partial charge in [0.1, 0.15) is 18.0 Å². The summed E-state index contributed by atoms with van der Waals surface area (Å²) in [5.74, 6) is -0.371. The van der Waals surface area contributed by atoms with Gasteiger partial charge in [0.2, 0.25) is 5.91 Å². The molecule has 0 atom stereocenters. The lowest BCUT2D eigenvalue weighted by atomic mass is 9.85. The summed E-state index contributed by atoms with van der Waals surface area (Å²) in [7, 11) is 0. The zero-order valence-electron chi connectivity index (χ0n) is 22.5. The number of ether oxygens (including phenoxy) is 2. The first kappa shape index (κ1) is 27.9. The van der Waals surface area contributed by atoms with Gasteiger partial charge in [-0.05, 0) is 87.9 Å². The number of rotatable bonds is 8. The van der Waals surface area contributed by atoms with Crippen molar-refractivity contribution in [2.24, 2.45) is 5.92 Å². The van der Waals surface area contributed by atoms with Crippen LogP contribution in [0.5, 0.6) is 5.75 Å². The number of carbonyl (C=O) groups excluding carboxylic acids is 2. The number of aromatic carboxylic acids is 1. The maximum atomic E-state index is 12.6. The zero-order chi connectivity index (χ0) is 28.0. The molecule has 1 fully saturated rings. The molecule has 9 nitrogen and oxygen atoms in total. The third kappa shape index (κ3) is 7.69. The Morgan fingerprint density at radius 3 is 2.33 bits per heavy atom. The van der Waals surface area contributed by atoms with Gasteiger partial charge in [-0.3, -0.25) is 9.78 Å². The second-order valence-corrected chi connectivity index (χ2v) is 10.8. The van der Waals surface area contributed by atoms with Crippen molar-refractivity contribution in [1.29, 1.82) is 0 Å². The average Bonchev–Trinajstić information content (AvgIpc) is 2.90. The van der Waals surface area contributed by atoms with Gasteiger partial charge in [-0.15, -0.1) is 0 Å². The number of benzene rings is 2. The summed E-state index contributed by atoms with van der Waals surface area (Å²) >= 11 is 0. The molecular formula is C30H35N3O6. The van der Waals surface area contributed by atoms with E-state index < -0.39 is 17.7 Å². The SMILES string of the molecule is CC(C)(C)OC(=O)NC1CCC(C(=O)NCCOc2ccc(-c3ccc4nccc(C(=O)O)c4c3)cc2)CC1. The van der Waals surface area contributed by atoms with E-state index in [0.29, 0.717) is 42.6 Å². The summed E-state index contributed by atoms with van der Waals surface area (Å²) in [6.45, 7) is 6.22. The summed E-state index contributed by atoms with van der Waals surface area (Å²) in [4.78, 5) is 40.3. The van der Waals surface area contributed by atoms with Gasteiger partial charge in [0.25, 0.3) is 0 Å². The molecule has 9 heteroatoms. The number of alkyl carbamates (subject to hydrolysis) is 1. The van der Waals surface area contributed by atoms with Crippen molar-refractivity contribution in [2.45, 2.75) is 58.1 Å². The lowest BCUT2D eigenvalue weighted by Gasteiger charge is -2.29. The first-order valence-electron chi connectivity index (χ1n) is 13.2. The number of amides is 2. The molecule has 2 amide bonds. The normalized spacial score (nSPS) is 17.3. The van der Waals surface area contributed by atoms with E-state index in [1.807, 2.05) is 63.2 Å². The van der Waals surface area contributed by atoms with Crippen LogP contribution < -0.4 is 15.4 Å². The number of nitrogens with one attached hydrogen (secondary N) is 2. The molecular weight excluding hydrogens is 498 g/mol. The van der Waals surface area contributed by atoms with Crippen LogP contribution in [0.2, 0.25) is 0 Å². The topological polar surface area (TPSA) is 127 Å². The fraction of sp³-hybridized carbons (Fsp3) is 0.400. The largest absolute Gasteiger partial charge is 0.492 e. The summed E-state index contributed by atoms with van der Waals surface area (Å²) in [5, 5.41) is 15.9. The van der Waals surface area contributed by atoms with Crippen molar-refractivity contribution in [2.75, 3.05) is 13.2 Å². The van der Waals surface area contributed by atoms with E-state index in [1.165, 1.54) is 12.3 Å². The molecule has 39 heavy (non-hydrogen) atoms. The Balaban J connectivity index is 1.21. The average molecular weight is 534 g/mol. The molecule has 206 valence electrons. The van der Waals surface area contributed by atoms with Crippen molar-refractivity contribution in [3.63, 3.8) is 0 Å². The second kappa shape index (κ2) is 12.1. The zero-order valence-corrected chi connectivity index (χ0v) is 22.5. The van der Waals surface area contributed by atoms with E-state index in [2.05, 4.69) is 15.6 Å². The number of hydrogen-bond donors (Lipinski definition) is 3. The minimum absolute atomic E-state index is 0.0104. The smallest absolute Gasteiger partial charge is 0.407 e. The summed E-state index contributed by atoms with van der Waals surface area (Å²) in [6.07, 6.45) is 4.00. The van der Waals surface area contributed by atoms with E-state index in [-0.39, 0.29) is 23.4 Å². The van der Waals surface area contributed by atoms with E-state index in [0.717, 1.165) is 24.0 Å². The first-order chi connectivity index (χ1) is 18.6. The molecule has 3 aromatic rings. The predicted molar refractivity (Wildman–Crippen MR) is 148 cm³/mol. The highest BCUT2D eigenvalue weighted by atomic mass is 16.6. The van der Waals surface area contributed by atoms with Crippen molar-refractivity contribution < 1.29 is 29.0 Å². The quantitative estimate of drug-likeness (QED) is 0.341. The Kier molecular flexibility index (Phi) is 8.69. The van der Waals surface area contributed by atoms with Gasteiger partial charge in [-0.25, -0.2) is 9.59 Å². The molecule has 1 aliphatic carbocycles. The van der Waals surface area contributed by atoms with Crippen molar-refractivity contribution in [1.82, 2.24) is 15.6 Å². The van der Waals surface area contributed by atoms with Gasteiger partial charge < -0.3 is 25.2 Å². The highest BCUT2D eigenvalue weighted by Crippen LogP contribution is 2.28. The van der Waals surface area contributed by atoms with Crippen LogP contribution in [0, 0.1) is 5.92 Å². The molecule has 0 saturated heterocycles. The summed E-state index contributed by atoms with van der Waals surface area (Å²) < 4.78 is 11.1. The van der Waals surface area contributed by atoms with Gasteiger partial charge in [-0.2, -0.15) is 0 Å². The van der Waals surface area contributed by atoms with Gasteiger partial charge in [-0.1, -0.05) is 18.2 Å².